The Bertz CT molecular complexity index is 1030. The van der Waals surface area contributed by atoms with Gasteiger partial charge in [0.2, 0.25) is 24.6 Å². The maximum Gasteiger partial charge on any atom is 0.249 e. The van der Waals surface area contributed by atoms with E-state index in [9.17, 15) is 9.59 Å². The van der Waals surface area contributed by atoms with Crippen molar-refractivity contribution >= 4 is 23.5 Å². The molecule has 0 aliphatic carbocycles. The molecule has 9 heteroatoms. The van der Waals surface area contributed by atoms with E-state index in [1.807, 2.05) is 23.1 Å². The van der Waals surface area contributed by atoms with Gasteiger partial charge in [0.1, 0.15) is 6.04 Å². The highest BCUT2D eigenvalue weighted by Gasteiger charge is 2.31. The van der Waals surface area contributed by atoms with Crippen molar-refractivity contribution in [2.45, 2.75) is 19.0 Å². The number of nitrogens with zero attached hydrogens (tertiary/aromatic N) is 3. The molecule has 3 heterocycles. The molecule has 1 fully saturated rings. The van der Waals surface area contributed by atoms with E-state index in [1.54, 1.807) is 18.2 Å². The number of piperazine rings is 1. The van der Waals surface area contributed by atoms with Gasteiger partial charge in [-0.1, -0.05) is 30.3 Å². The third kappa shape index (κ3) is 4.52. The summed E-state index contributed by atoms with van der Waals surface area (Å²) in [5.74, 6) is 1.19. The molecule has 32 heavy (non-hydrogen) atoms. The van der Waals surface area contributed by atoms with Crippen molar-refractivity contribution in [1.82, 2.24) is 15.1 Å². The Kier molecular flexibility index (Phi) is 5.64. The second-order valence-electron chi connectivity index (χ2n) is 8.03. The van der Waals surface area contributed by atoms with Crippen molar-refractivity contribution < 1.29 is 19.1 Å². The average Bonchev–Trinajstić information content (AvgIpc) is 3.28. The molecule has 2 amide bonds. The van der Waals surface area contributed by atoms with Crippen molar-refractivity contribution in [3.05, 3.63) is 54.1 Å². The summed E-state index contributed by atoms with van der Waals surface area (Å²) >= 11 is 0. The first-order valence-electron chi connectivity index (χ1n) is 10.7. The highest BCUT2D eigenvalue weighted by atomic mass is 16.7. The molecule has 0 aromatic heterocycles. The maximum absolute atomic E-state index is 12.8. The summed E-state index contributed by atoms with van der Waals surface area (Å²) in [6, 6.07) is 14.8. The minimum Gasteiger partial charge on any atom is -0.454 e. The molecule has 5 rings (SSSR count). The normalized spacial score (nSPS) is 20.5. The predicted octanol–water partition coefficient (Wildman–Crippen LogP) is 1.42. The lowest BCUT2D eigenvalue weighted by Crippen LogP contribution is -2.56. The van der Waals surface area contributed by atoms with Crippen LogP contribution in [0.1, 0.15) is 12.0 Å². The molecule has 2 aromatic carbocycles. The molecule has 0 saturated carbocycles. The van der Waals surface area contributed by atoms with E-state index in [1.165, 1.54) is 5.56 Å². The summed E-state index contributed by atoms with van der Waals surface area (Å²) in [7, 11) is 0. The smallest absolute Gasteiger partial charge is 0.249 e. The van der Waals surface area contributed by atoms with Crippen molar-refractivity contribution in [2.75, 3.05) is 38.3 Å². The molecule has 3 aliphatic rings. The number of rotatable bonds is 4. The van der Waals surface area contributed by atoms with Gasteiger partial charge >= 0.3 is 0 Å². The number of anilines is 1. The van der Waals surface area contributed by atoms with Crippen molar-refractivity contribution in [3.8, 4) is 11.5 Å². The Labute approximate surface area is 186 Å². The number of aliphatic imine (C=N–C) groups is 1. The predicted molar refractivity (Wildman–Crippen MR) is 118 cm³/mol. The second-order valence-corrected chi connectivity index (χ2v) is 8.03. The van der Waals surface area contributed by atoms with Crippen LogP contribution in [0.4, 0.5) is 5.69 Å². The van der Waals surface area contributed by atoms with Gasteiger partial charge in [0, 0.05) is 44.5 Å². The van der Waals surface area contributed by atoms with Crippen molar-refractivity contribution in [1.29, 1.82) is 0 Å². The van der Waals surface area contributed by atoms with Crippen LogP contribution in [0, 0.1) is 0 Å². The summed E-state index contributed by atoms with van der Waals surface area (Å²) in [5, 5.41) is 5.67. The van der Waals surface area contributed by atoms with E-state index in [2.05, 4.69) is 32.7 Å². The van der Waals surface area contributed by atoms with Gasteiger partial charge in [-0.3, -0.25) is 19.8 Å². The zero-order valence-corrected chi connectivity index (χ0v) is 17.6. The number of hydrogen-bond acceptors (Lipinski definition) is 7. The van der Waals surface area contributed by atoms with Crippen molar-refractivity contribution in [3.63, 3.8) is 0 Å². The molecular formula is C23H25N5O4. The number of carbonyl (C=O) groups excluding carboxylic acids is 2. The number of fused-ring (bicyclic) bond motifs is 1. The van der Waals surface area contributed by atoms with E-state index in [4.69, 9.17) is 9.47 Å². The van der Waals surface area contributed by atoms with Crippen LogP contribution in [0.25, 0.3) is 0 Å². The number of nitrogens with one attached hydrogen (secondary N) is 2. The molecule has 9 nitrogen and oxygen atoms in total. The first-order valence-corrected chi connectivity index (χ1v) is 10.7. The molecule has 1 saturated heterocycles. The van der Waals surface area contributed by atoms with E-state index in [0.717, 1.165) is 32.7 Å². The molecule has 0 radical (unpaired) electrons. The standard InChI is InChI=1S/C23H25N5O4/c29-21-13-18(22(30)24-17-6-7-19-20(12-17)32-15-31-19)25-23(26-21)28-10-8-27(9-11-28)14-16-4-2-1-3-5-16/h1-7,12,18H,8-11,13-15H2,(H,24,30)(H,25,26,29). The number of benzene rings is 2. The summed E-state index contributed by atoms with van der Waals surface area (Å²) < 4.78 is 10.6. The summed E-state index contributed by atoms with van der Waals surface area (Å²) in [4.78, 5) is 34.1. The average molecular weight is 435 g/mol. The fourth-order valence-corrected chi connectivity index (χ4v) is 4.05. The Balaban J connectivity index is 1.20. The van der Waals surface area contributed by atoms with E-state index in [-0.39, 0.29) is 25.0 Å². The molecular weight excluding hydrogens is 410 g/mol. The Morgan fingerprint density at radius 1 is 1.06 bits per heavy atom. The lowest BCUT2D eigenvalue weighted by atomic mass is 10.1. The SMILES string of the molecule is O=C1CC(C(=O)Nc2ccc3c(c2)OCO3)N=C(N2CCN(Cc3ccccc3)CC2)N1. The first kappa shape index (κ1) is 20.3. The van der Waals surface area contributed by atoms with Crippen LogP contribution in [0.15, 0.2) is 53.5 Å². The molecule has 3 aliphatic heterocycles. The van der Waals surface area contributed by atoms with Gasteiger partial charge in [-0.05, 0) is 17.7 Å². The lowest BCUT2D eigenvalue weighted by Gasteiger charge is -2.37. The van der Waals surface area contributed by atoms with Crippen LogP contribution in [-0.4, -0.2) is 66.6 Å². The number of guanidine groups is 1. The van der Waals surface area contributed by atoms with Crippen LogP contribution in [0.5, 0.6) is 11.5 Å². The third-order valence-corrected chi connectivity index (χ3v) is 5.77. The lowest BCUT2D eigenvalue weighted by molar-refractivity contribution is -0.125. The molecule has 166 valence electrons. The minimum atomic E-state index is -0.772. The molecule has 1 unspecified atom stereocenters. The molecule has 0 spiro atoms. The van der Waals surface area contributed by atoms with E-state index < -0.39 is 6.04 Å². The largest absolute Gasteiger partial charge is 0.454 e. The van der Waals surface area contributed by atoms with Gasteiger partial charge in [0.15, 0.2) is 11.5 Å². The highest BCUT2D eigenvalue weighted by Crippen LogP contribution is 2.34. The van der Waals surface area contributed by atoms with Crippen LogP contribution >= 0.6 is 0 Å². The van der Waals surface area contributed by atoms with Crippen LogP contribution in [-0.2, 0) is 16.1 Å². The van der Waals surface area contributed by atoms with Crippen LogP contribution < -0.4 is 20.1 Å². The van der Waals surface area contributed by atoms with Gasteiger partial charge < -0.3 is 19.7 Å². The number of carbonyl (C=O) groups is 2. The molecule has 2 N–H and O–H groups in total. The van der Waals surface area contributed by atoms with E-state index in [0.29, 0.717) is 23.1 Å². The number of ether oxygens (including phenoxy) is 2. The summed E-state index contributed by atoms with van der Waals surface area (Å²) in [6.07, 6.45) is 0.0217. The van der Waals surface area contributed by atoms with Gasteiger partial charge in [-0.25, -0.2) is 4.99 Å². The number of hydrogen-bond donors (Lipinski definition) is 2. The summed E-state index contributed by atoms with van der Waals surface area (Å²) in [6.45, 7) is 4.26. The fourth-order valence-electron chi connectivity index (χ4n) is 4.05. The Morgan fingerprint density at radius 3 is 2.66 bits per heavy atom. The Morgan fingerprint density at radius 2 is 1.84 bits per heavy atom. The van der Waals surface area contributed by atoms with Crippen LogP contribution in [0.3, 0.4) is 0 Å². The quantitative estimate of drug-likeness (QED) is 0.754. The van der Waals surface area contributed by atoms with Gasteiger partial charge in [0.25, 0.3) is 0 Å². The molecule has 0 bridgehead atoms. The maximum atomic E-state index is 12.8. The zero-order valence-electron chi connectivity index (χ0n) is 17.6. The first-order chi connectivity index (χ1) is 15.6. The molecule has 2 aromatic rings. The molecule has 1 atom stereocenters. The third-order valence-electron chi connectivity index (χ3n) is 5.77. The van der Waals surface area contributed by atoms with Gasteiger partial charge in [-0.15, -0.1) is 0 Å². The highest BCUT2D eigenvalue weighted by molar-refractivity contribution is 6.06. The van der Waals surface area contributed by atoms with Gasteiger partial charge in [0.05, 0.1) is 6.42 Å². The van der Waals surface area contributed by atoms with E-state index >= 15 is 0 Å². The van der Waals surface area contributed by atoms with Crippen molar-refractivity contribution in [2.24, 2.45) is 4.99 Å². The monoisotopic (exact) mass is 435 g/mol. The minimum absolute atomic E-state index is 0.0217. The number of amides is 2. The van der Waals surface area contributed by atoms with Crippen LogP contribution in [0.2, 0.25) is 0 Å². The summed E-state index contributed by atoms with van der Waals surface area (Å²) in [5.41, 5.74) is 1.86. The zero-order chi connectivity index (χ0) is 21.9. The topological polar surface area (TPSA) is 95.5 Å². The Hall–Kier alpha value is -3.59. The fraction of sp³-hybridized carbons (Fsp3) is 0.348. The van der Waals surface area contributed by atoms with Gasteiger partial charge in [-0.2, -0.15) is 0 Å². The second kappa shape index (κ2) is 8.88.